The van der Waals surface area contributed by atoms with Crippen LogP contribution in [0.3, 0.4) is 0 Å². The lowest BCUT2D eigenvalue weighted by Crippen LogP contribution is -2.03. The molecular formula is C19H19ClO3. The molecule has 0 N–H and O–H groups in total. The molecule has 3 nitrogen and oxygen atoms in total. The summed E-state index contributed by atoms with van der Waals surface area (Å²) in [6.45, 7) is 2.85. The minimum absolute atomic E-state index is 0.435. The molecule has 0 aliphatic heterocycles. The Bertz CT molecular complexity index is 645. The van der Waals surface area contributed by atoms with Crippen LogP contribution < -0.4 is 9.47 Å². The van der Waals surface area contributed by atoms with Gasteiger partial charge in [-0.1, -0.05) is 37.1 Å². The second-order valence-electron chi connectivity index (χ2n) is 4.98. The lowest BCUT2D eigenvalue weighted by molar-refractivity contribution is -0.128. The molecule has 0 bridgehead atoms. The van der Waals surface area contributed by atoms with Gasteiger partial charge in [-0.3, -0.25) is 0 Å². The van der Waals surface area contributed by atoms with Gasteiger partial charge in [-0.25, -0.2) is 4.79 Å². The molecule has 0 spiro atoms. The highest BCUT2D eigenvalue weighted by Crippen LogP contribution is 2.16. The van der Waals surface area contributed by atoms with Crippen molar-refractivity contribution < 1.29 is 14.3 Å². The van der Waals surface area contributed by atoms with Gasteiger partial charge in [0.15, 0.2) is 0 Å². The van der Waals surface area contributed by atoms with Crippen molar-refractivity contribution in [2.24, 2.45) is 0 Å². The maximum absolute atomic E-state index is 11.7. The fourth-order valence-corrected chi connectivity index (χ4v) is 1.95. The Morgan fingerprint density at radius 2 is 1.70 bits per heavy atom. The first-order valence-electron chi connectivity index (χ1n) is 7.55. The summed E-state index contributed by atoms with van der Waals surface area (Å²) < 4.78 is 10.8. The van der Waals surface area contributed by atoms with E-state index < -0.39 is 5.97 Å². The number of unbranched alkanes of at least 4 members (excludes halogenated alkanes) is 1. The average molecular weight is 331 g/mol. The van der Waals surface area contributed by atoms with E-state index in [4.69, 9.17) is 21.1 Å². The molecule has 0 aliphatic carbocycles. The lowest BCUT2D eigenvalue weighted by atomic mass is 10.2. The molecule has 0 amide bonds. The number of halogens is 1. The van der Waals surface area contributed by atoms with Crippen LogP contribution in [0.25, 0.3) is 6.08 Å². The molecular weight excluding hydrogens is 312 g/mol. The maximum Gasteiger partial charge on any atom is 0.336 e. The molecule has 0 fully saturated rings. The van der Waals surface area contributed by atoms with Crippen molar-refractivity contribution in [1.82, 2.24) is 0 Å². The van der Waals surface area contributed by atoms with Gasteiger partial charge in [-0.05, 0) is 54.5 Å². The minimum Gasteiger partial charge on any atom is -0.494 e. The van der Waals surface area contributed by atoms with Gasteiger partial charge >= 0.3 is 5.97 Å². The molecule has 0 heterocycles. The van der Waals surface area contributed by atoms with E-state index in [1.165, 1.54) is 6.08 Å². The molecule has 2 rings (SSSR count). The van der Waals surface area contributed by atoms with Gasteiger partial charge in [0.2, 0.25) is 0 Å². The Labute approximate surface area is 141 Å². The number of benzene rings is 2. The van der Waals surface area contributed by atoms with Crippen LogP contribution >= 0.6 is 11.6 Å². The van der Waals surface area contributed by atoms with Crippen LogP contribution in [0.5, 0.6) is 11.5 Å². The average Bonchev–Trinajstić information content (AvgIpc) is 2.56. The molecule has 0 saturated carbocycles. The van der Waals surface area contributed by atoms with Gasteiger partial charge in [0.25, 0.3) is 0 Å². The predicted octanol–water partition coefficient (Wildman–Crippen LogP) is 5.14. The van der Waals surface area contributed by atoms with E-state index in [0.29, 0.717) is 10.8 Å². The van der Waals surface area contributed by atoms with E-state index in [9.17, 15) is 4.79 Å². The summed E-state index contributed by atoms with van der Waals surface area (Å²) in [5.41, 5.74) is 0.904. The predicted molar refractivity (Wildman–Crippen MR) is 93.0 cm³/mol. The van der Waals surface area contributed by atoms with Gasteiger partial charge in [0.05, 0.1) is 6.61 Å². The third kappa shape index (κ3) is 6.17. The Morgan fingerprint density at radius 1 is 1.04 bits per heavy atom. The Morgan fingerprint density at radius 3 is 2.35 bits per heavy atom. The van der Waals surface area contributed by atoms with E-state index in [1.807, 2.05) is 24.3 Å². The summed E-state index contributed by atoms with van der Waals surface area (Å²) >= 11 is 5.78. The highest BCUT2D eigenvalue weighted by atomic mass is 35.5. The molecule has 0 radical (unpaired) electrons. The minimum atomic E-state index is -0.435. The SMILES string of the molecule is CCCCOc1ccc(/C=C/C(=O)Oc2ccc(Cl)cc2)cc1. The van der Waals surface area contributed by atoms with Crippen molar-refractivity contribution in [3.8, 4) is 11.5 Å². The van der Waals surface area contributed by atoms with Crippen molar-refractivity contribution in [3.63, 3.8) is 0 Å². The van der Waals surface area contributed by atoms with Crippen LogP contribution in [0.15, 0.2) is 54.6 Å². The number of ether oxygens (including phenoxy) is 2. The zero-order valence-electron chi connectivity index (χ0n) is 13.0. The second kappa shape index (κ2) is 9.01. The van der Waals surface area contributed by atoms with Gasteiger partial charge in [0.1, 0.15) is 11.5 Å². The van der Waals surface area contributed by atoms with Crippen LogP contribution in [0.1, 0.15) is 25.3 Å². The summed E-state index contributed by atoms with van der Waals surface area (Å²) in [4.78, 5) is 11.7. The molecule has 2 aromatic carbocycles. The van der Waals surface area contributed by atoms with Crippen LogP contribution in [0.4, 0.5) is 0 Å². The number of hydrogen-bond acceptors (Lipinski definition) is 3. The Balaban J connectivity index is 1.86. The van der Waals surface area contributed by atoms with Crippen molar-refractivity contribution in [2.45, 2.75) is 19.8 Å². The molecule has 23 heavy (non-hydrogen) atoms. The Hall–Kier alpha value is -2.26. The molecule has 0 aromatic heterocycles. The number of carbonyl (C=O) groups excluding carboxylic acids is 1. The monoisotopic (exact) mass is 330 g/mol. The summed E-state index contributed by atoms with van der Waals surface area (Å²) in [6.07, 6.45) is 5.24. The molecule has 4 heteroatoms. The topological polar surface area (TPSA) is 35.5 Å². The van der Waals surface area contributed by atoms with Crippen LogP contribution in [-0.2, 0) is 4.79 Å². The highest BCUT2D eigenvalue weighted by Gasteiger charge is 2.00. The van der Waals surface area contributed by atoms with Crippen LogP contribution in [0.2, 0.25) is 5.02 Å². The Kier molecular flexibility index (Phi) is 6.70. The summed E-state index contributed by atoms with van der Waals surface area (Å²) in [7, 11) is 0. The molecule has 0 atom stereocenters. The number of rotatable bonds is 7. The molecule has 120 valence electrons. The summed E-state index contributed by atoms with van der Waals surface area (Å²) in [5.74, 6) is 0.860. The number of hydrogen-bond donors (Lipinski definition) is 0. The molecule has 0 saturated heterocycles. The smallest absolute Gasteiger partial charge is 0.336 e. The quantitative estimate of drug-likeness (QED) is 0.305. The number of carbonyl (C=O) groups is 1. The van der Waals surface area contributed by atoms with Crippen molar-refractivity contribution in [2.75, 3.05) is 6.61 Å². The number of esters is 1. The van der Waals surface area contributed by atoms with Gasteiger partial charge < -0.3 is 9.47 Å². The zero-order chi connectivity index (χ0) is 16.5. The maximum atomic E-state index is 11.7. The first-order chi connectivity index (χ1) is 11.2. The summed E-state index contributed by atoms with van der Waals surface area (Å²) in [5, 5.41) is 0.599. The molecule has 0 unspecified atom stereocenters. The van der Waals surface area contributed by atoms with Crippen LogP contribution in [0, 0.1) is 0 Å². The molecule has 0 aliphatic rings. The van der Waals surface area contributed by atoms with Gasteiger partial charge in [-0.2, -0.15) is 0 Å². The van der Waals surface area contributed by atoms with E-state index in [1.54, 1.807) is 30.3 Å². The molecule has 2 aromatic rings. The van der Waals surface area contributed by atoms with Gasteiger partial charge in [-0.15, -0.1) is 0 Å². The van der Waals surface area contributed by atoms with E-state index in [-0.39, 0.29) is 0 Å². The van der Waals surface area contributed by atoms with E-state index in [2.05, 4.69) is 6.92 Å². The fraction of sp³-hybridized carbons (Fsp3) is 0.211. The third-order valence-electron chi connectivity index (χ3n) is 3.09. The largest absolute Gasteiger partial charge is 0.494 e. The van der Waals surface area contributed by atoms with E-state index >= 15 is 0 Å². The van der Waals surface area contributed by atoms with Crippen molar-refractivity contribution in [1.29, 1.82) is 0 Å². The standard InChI is InChI=1S/C19H19ClO3/c1-2-3-14-22-17-9-4-15(5-10-17)6-13-19(21)23-18-11-7-16(20)8-12-18/h4-13H,2-3,14H2,1H3/b13-6+. The first kappa shape index (κ1) is 17.1. The van der Waals surface area contributed by atoms with Crippen LogP contribution in [-0.4, -0.2) is 12.6 Å². The van der Waals surface area contributed by atoms with Crippen molar-refractivity contribution in [3.05, 3.63) is 65.2 Å². The lowest BCUT2D eigenvalue weighted by Gasteiger charge is -2.05. The van der Waals surface area contributed by atoms with Gasteiger partial charge in [0, 0.05) is 11.1 Å². The second-order valence-corrected chi connectivity index (χ2v) is 5.42. The first-order valence-corrected chi connectivity index (χ1v) is 7.93. The normalized spacial score (nSPS) is 10.7. The third-order valence-corrected chi connectivity index (χ3v) is 3.34. The van der Waals surface area contributed by atoms with E-state index in [0.717, 1.165) is 30.8 Å². The fourth-order valence-electron chi connectivity index (χ4n) is 1.83. The highest BCUT2D eigenvalue weighted by molar-refractivity contribution is 6.30. The summed E-state index contributed by atoms with van der Waals surface area (Å²) in [6, 6.07) is 14.2. The zero-order valence-corrected chi connectivity index (χ0v) is 13.8. The van der Waals surface area contributed by atoms with Crippen molar-refractivity contribution >= 4 is 23.6 Å².